The molecule has 14 heteroatoms. The first kappa shape index (κ1) is 41.5. The van der Waals surface area contributed by atoms with Gasteiger partial charge in [0.05, 0.1) is 49.2 Å². The largest absolute Gasteiger partial charge is 0.488 e. The van der Waals surface area contributed by atoms with Crippen LogP contribution < -0.4 is 10.1 Å². The molecule has 0 bridgehead atoms. The number of aromatic nitrogens is 4. The van der Waals surface area contributed by atoms with Crippen LogP contribution in [0.25, 0.3) is 44.2 Å². The van der Waals surface area contributed by atoms with E-state index in [4.69, 9.17) is 23.9 Å². The predicted molar refractivity (Wildman–Crippen MR) is 226 cm³/mol. The van der Waals surface area contributed by atoms with E-state index in [9.17, 15) is 14.4 Å². The van der Waals surface area contributed by atoms with Crippen molar-refractivity contribution in [2.24, 2.45) is 17.8 Å². The molecule has 0 spiro atoms. The molecular weight excluding hydrogens is 751 g/mol. The van der Waals surface area contributed by atoms with Crippen molar-refractivity contribution in [3.05, 3.63) is 65.9 Å². The zero-order valence-corrected chi connectivity index (χ0v) is 35.6. The number of imidazole rings is 2. The van der Waals surface area contributed by atoms with Gasteiger partial charge in [0.25, 0.3) is 0 Å². The number of likely N-dealkylation sites (tertiary alicyclic amines) is 1. The van der Waals surface area contributed by atoms with Gasteiger partial charge in [-0.25, -0.2) is 19.6 Å². The maximum atomic E-state index is 13.9. The lowest BCUT2D eigenvalue weighted by molar-refractivity contribution is -0.136. The number of amides is 3. The topological polar surface area (TPSA) is 164 Å². The second-order valence-electron chi connectivity index (χ2n) is 17.4. The molecular formula is C45H57N7O7. The van der Waals surface area contributed by atoms with Crippen molar-refractivity contribution < 1.29 is 33.3 Å². The lowest BCUT2D eigenvalue weighted by Gasteiger charge is -2.31. The van der Waals surface area contributed by atoms with E-state index in [0.717, 1.165) is 61.3 Å². The predicted octanol–water partition coefficient (Wildman–Crippen LogP) is 8.37. The van der Waals surface area contributed by atoms with Crippen LogP contribution in [0.5, 0.6) is 5.75 Å². The Morgan fingerprint density at radius 2 is 1.85 bits per heavy atom. The van der Waals surface area contributed by atoms with Crippen molar-refractivity contribution in [2.45, 2.75) is 92.1 Å². The van der Waals surface area contributed by atoms with Crippen molar-refractivity contribution in [1.82, 2.24) is 35.1 Å². The Morgan fingerprint density at radius 1 is 1.05 bits per heavy atom. The number of nitrogens with one attached hydrogen (secondary N) is 3. The van der Waals surface area contributed by atoms with Crippen LogP contribution in [0, 0.1) is 17.8 Å². The molecule has 1 saturated heterocycles. The van der Waals surface area contributed by atoms with Crippen molar-refractivity contribution >= 4 is 39.9 Å². The first-order chi connectivity index (χ1) is 28.2. The van der Waals surface area contributed by atoms with Crippen LogP contribution in [0.4, 0.5) is 9.59 Å². The van der Waals surface area contributed by atoms with Crippen molar-refractivity contribution in [3.63, 3.8) is 0 Å². The Hall–Kier alpha value is -5.63. The molecule has 4 atom stereocenters. The van der Waals surface area contributed by atoms with E-state index in [1.54, 1.807) is 23.1 Å². The zero-order valence-electron chi connectivity index (χ0n) is 35.6. The summed E-state index contributed by atoms with van der Waals surface area (Å²) in [6, 6.07) is 13.7. The summed E-state index contributed by atoms with van der Waals surface area (Å²) in [5, 5.41) is 4.74. The Balaban J connectivity index is 1.13. The van der Waals surface area contributed by atoms with Gasteiger partial charge in [-0.3, -0.25) is 9.69 Å². The van der Waals surface area contributed by atoms with E-state index >= 15 is 0 Å². The van der Waals surface area contributed by atoms with Gasteiger partial charge in [-0.05, 0) is 85.4 Å². The maximum absolute atomic E-state index is 13.9. The fourth-order valence-corrected chi connectivity index (χ4v) is 8.20. The molecule has 0 saturated carbocycles. The summed E-state index contributed by atoms with van der Waals surface area (Å²) in [5.74, 6) is 2.27. The number of carbonyl (C=O) groups excluding carboxylic acids is 3. The molecule has 0 aliphatic carbocycles. The van der Waals surface area contributed by atoms with Gasteiger partial charge in [-0.2, -0.15) is 0 Å². The molecule has 4 heterocycles. The molecule has 3 aromatic carbocycles. The van der Waals surface area contributed by atoms with Crippen LogP contribution in [0.15, 0.2) is 48.7 Å². The summed E-state index contributed by atoms with van der Waals surface area (Å²) in [6.07, 6.45) is 2.24. The molecule has 2 aliphatic heterocycles. The second-order valence-corrected chi connectivity index (χ2v) is 17.4. The standard InChI is InChI=1S/C45H57N7O7/c1-10-26(4)39(50-43(54)57-9)42(53)51(20-25(2)3)22-38-46-19-35(47-38)29-11-13-31-30(16-29)24-58-37-18-32-28(17-33(31)37)12-14-34-40(32)49-41(48-34)36-15-27(23-56-8)21-52(36)44(55)59-45(5,6)7/h11-14,16-19,25-27,36,39H,10,15,20-24H2,1-9H3,(H,46,47)(H,48,49)(H,50,54)/t26-,27-,36-,39-/m0/s1. The minimum Gasteiger partial charge on any atom is -0.488 e. The van der Waals surface area contributed by atoms with Crippen molar-refractivity contribution in [1.29, 1.82) is 0 Å². The summed E-state index contributed by atoms with van der Waals surface area (Å²) >= 11 is 0. The highest BCUT2D eigenvalue weighted by molar-refractivity contribution is 6.07. The van der Waals surface area contributed by atoms with Crippen LogP contribution in [0.3, 0.4) is 0 Å². The highest BCUT2D eigenvalue weighted by Gasteiger charge is 2.40. The number of rotatable bonds is 12. The smallest absolute Gasteiger partial charge is 0.410 e. The van der Waals surface area contributed by atoms with E-state index in [1.165, 1.54) is 7.11 Å². The Bertz CT molecular complexity index is 2340. The van der Waals surface area contributed by atoms with Gasteiger partial charge in [-0.1, -0.05) is 52.3 Å². The Kier molecular flexibility index (Phi) is 11.9. The zero-order chi connectivity index (χ0) is 42.2. The Labute approximate surface area is 345 Å². The van der Waals surface area contributed by atoms with Gasteiger partial charge >= 0.3 is 12.2 Å². The number of hydrogen-bond donors (Lipinski definition) is 3. The van der Waals surface area contributed by atoms with Crippen molar-refractivity contribution in [3.8, 4) is 28.1 Å². The van der Waals surface area contributed by atoms with Crippen LogP contribution in [0.1, 0.15) is 84.6 Å². The lowest BCUT2D eigenvalue weighted by atomic mass is 9.92. The fourth-order valence-electron chi connectivity index (χ4n) is 8.20. The third kappa shape index (κ3) is 8.87. The molecule has 2 aromatic heterocycles. The summed E-state index contributed by atoms with van der Waals surface area (Å²) in [7, 11) is 2.98. The molecule has 3 N–H and O–H groups in total. The molecule has 0 radical (unpaired) electrons. The van der Waals surface area contributed by atoms with Gasteiger partial charge in [0.2, 0.25) is 5.91 Å². The normalized spacial score (nSPS) is 17.4. The minimum absolute atomic E-state index is 0.0847. The van der Waals surface area contributed by atoms with E-state index in [1.807, 2.05) is 40.7 Å². The number of carbonyl (C=O) groups is 3. The minimum atomic E-state index is -0.716. The number of methoxy groups -OCH3 is 2. The van der Waals surface area contributed by atoms with E-state index in [0.29, 0.717) is 45.0 Å². The van der Waals surface area contributed by atoms with Crippen LogP contribution in [-0.2, 0) is 32.2 Å². The SMILES string of the molecule is CC[C@H](C)[C@H](NC(=O)OC)C(=O)N(Cc1ncc(-c2ccc3c(c2)COc2cc4c(ccc5[nH]c([C@@H]6C[C@H](COC)CN6C(=O)OC(C)(C)C)nc54)cc2-3)[nH]1)CC(C)C. The van der Waals surface area contributed by atoms with Crippen LogP contribution in [-0.4, -0.2) is 93.4 Å². The molecule has 7 rings (SSSR count). The number of alkyl carbamates (subject to hydrolysis) is 1. The maximum Gasteiger partial charge on any atom is 0.410 e. The highest BCUT2D eigenvalue weighted by Crippen LogP contribution is 2.43. The third-order valence-corrected chi connectivity index (χ3v) is 11.2. The molecule has 14 nitrogen and oxygen atoms in total. The number of benzene rings is 3. The highest BCUT2D eigenvalue weighted by atomic mass is 16.6. The summed E-state index contributed by atoms with van der Waals surface area (Å²) in [4.78, 5) is 59.6. The lowest BCUT2D eigenvalue weighted by Crippen LogP contribution is -2.52. The Morgan fingerprint density at radius 3 is 2.56 bits per heavy atom. The second kappa shape index (κ2) is 16.9. The number of ether oxygens (including phenoxy) is 4. The molecule has 314 valence electrons. The number of hydrogen-bond acceptors (Lipinski definition) is 9. The first-order valence-corrected chi connectivity index (χ1v) is 20.5. The quantitative estimate of drug-likeness (QED) is 0.112. The number of aromatic amines is 2. The number of fused-ring (bicyclic) bond motifs is 6. The molecule has 5 aromatic rings. The summed E-state index contributed by atoms with van der Waals surface area (Å²) < 4.78 is 22.5. The molecule has 59 heavy (non-hydrogen) atoms. The summed E-state index contributed by atoms with van der Waals surface area (Å²) in [6.45, 7) is 15.9. The van der Waals surface area contributed by atoms with Crippen LogP contribution in [0.2, 0.25) is 0 Å². The van der Waals surface area contributed by atoms with Crippen molar-refractivity contribution in [2.75, 3.05) is 33.9 Å². The third-order valence-electron chi connectivity index (χ3n) is 11.2. The monoisotopic (exact) mass is 807 g/mol. The van der Waals surface area contributed by atoms with Gasteiger partial charge in [0.15, 0.2) is 0 Å². The number of nitrogens with zero attached hydrogens (tertiary/aromatic N) is 4. The molecule has 2 aliphatic rings. The van der Waals surface area contributed by atoms with Gasteiger partial charge in [0, 0.05) is 37.1 Å². The summed E-state index contributed by atoms with van der Waals surface area (Å²) in [5.41, 5.74) is 6.01. The number of H-pyrrole nitrogens is 2. The molecule has 0 unspecified atom stereocenters. The van der Waals surface area contributed by atoms with E-state index in [-0.39, 0.29) is 42.3 Å². The fraction of sp³-hybridized carbons (Fsp3) is 0.489. The van der Waals surface area contributed by atoms with Crippen LogP contribution >= 0.6 is 0 Å². The molecule has 1 fully saturated rings. The van der Waals surface area contributed by atoms with Gasteiger partial charge in [-0.15, -0.1) is 0 Å². The van der Waals surface area contributed by atoms with E-state index < -0.39 is 17.7 Å². The van der Waals surface area contributed by atoms with Gasteiger partial charge in [0.1, 0.15) is 35.6 Å². The molecule has 3 amide bonds. The van der Waals surface area contributed by atoms with E-state index in [2.05, 4.69) is 70.5 Å². The van der Waals surface area contributed by atoms with Gasteiger partial charge < -0.3 is 39.1 Å². The average Bonchev–Trinajstić information content (AvgIpc) is 3.96. The first-order valence-electron chi connectivity index (χ1n) is 20.5. The average molecular weight is 808 g/mol.